The summed E-state index contributed by atoms with van der Waals surface area (Å²) >= 11 is 0. The van der Waals surface area contributed by atoms with Crippen LogP contribution in [-0.2, 0) is 6.54 Å². The molecular formula is C20H23NO2. The van der Waals surface area contributed by atoms with Crippen LogP contribution < -0.4 is 4.74 Å². The number of Topliss-reactive ketones (excluding diaryl/α,β-unsaturated/α-hetero) is 1. The zero-order chi connectivity index (χ0) is 16.4. The van der Waals surface area contributed by atoms with Crippen molar-refractivity contribution in [3.63, 3.8) is 0 Å². The smallest absolute Gasteiger partial charge is 0.160 e. The van der Waals surface area contributed by atoms with E-state index in [0.29, 0.717) is 0 Å². The summed E-state index contributed by atoms with van der Waals surface area (Å²) < 4.78 is 7.91. The summed E-state index contributed by atoms with van der Waals surface area (Å²) in [5.41, 5.74) is 3.03. The highest BCUT2D eigenvalue weighted by atomic mass is 16.5. The average molecular weight is 309 g/mol. The minimum absolute atomic E-state index is 0.0918. The van der Waals surface area contributed by atoms with Gasteiger partial charge in [-0.15, -0.1) is 0 Å². The molecule has 0 spiro atoms. The van der Waals surface area contributed by atoms with Gasteiger partial charge in [-0.05, 0) is 31.5 Å². The molecule has 3 rings (SSSR count). The summed E-state index contributed by atoms with van der Waals surface area (Å²) in [7, 11) is 1.69. The van der Waals surface area contributed by atoms with Gasteiger partial charge in [0.2, 0.25) is 0 Å². The Labute approximate surface area is 136 Å². The monoisotopic (exact) mass is 309 g/mol. The normalized spacial score (nSPS) is 11.3. The van der Waals surface area contributed by atoms with E-state index in [9.17, 15) is 4.79 Å². The van der Waals surface area contributed by atoms with E-state index in [1.54, 1.807) is 14.0 Å². The predicted octanol–water partition coefficient (Wildman–Crippen LogP) is 5.20. The van der Waals surface area contributed by atoms with Crippen LogP contribution in [0.1, 0.15) is 43.5 Å². The number of nitrogens with zero attached hydrogens (tertiary/aromatic N) is 1. The first-order chi connectivity index (χ1) is 11.2. The first-order valence-corrected chi connectivity index (χ1v) is 8.28. The number of unbranched alkanes of at least 4 members (excludes halogenated alkanes) is 2. The number of hydrogen-bond donors (Lipinski definition) is 0. The maximum atomic E-state index is 12.1. The van der Waals surface area contributed by atoms with Gasteiger partial charge in [0.15, 0.2) is 5.78 Å². The third kappa shape index (κ3) is 2.61. The van der Waals surface area contributed by atoms with Crippen molar-refractivity contribution >= 4 is 27.6 Å². The van der Waals surface area contributed by atoms with E-state index in [1.165, 1.54) is 12.8 Å². The summed E-state index contributed by atoms with van der Waals surface area (Å²) in [5.74, 6) is 0.921. The average Bonchev–Trinajstić information content (AvgIpc) is 2.89. The van der Waals surface area contributed by atoms with Crippen molar-refractivity contribution in [2.75, 3.05) is 7.11 Å². The van der Waals surface area contributed by atoms with E-state index < -0.39 is 0 Å². The minimum Gasteiger partial charge on any atom is -0.496 e. The van der Waals surface area contributed by atoms with Crippen LogP contribution in [-0.4, -0.2) is 17.5 Å². The fourth-order valence-electron chi connectivity index (χ4n) is 3.38. The fourth-order valence-corrected chi connectivity index (χ4v) is 3.38. The summed E-state index contributed by atoms with van der Waals surface area (Å²) in [6.07, 6.45) is 3.54. The lowest BCUT2D eigenvalue weighted by molar-refractivity contribution is 0.101. The molecule has 0 N–H and O–H groups in total. The maximum absolute atomic E-state index is 12.1. The van der Waals surface area contributed by atoms with Gasteiger partial charge >= 0.3 is 0 Å². The number of hydrogen-bond acceptors (Lipinski definition) is 2. The lowest BCUT2D eigenvalue weighted by atomic mass is 10.0. The molecule has 0 fully saturated rings. The van der Waals surface area contributed by atoms with Crippen molar-refractivity contribution in [2.45, 2.75) is 39.7 Å². The number of ether oxygens (including phenoxy) is 1. The number of rotatable bonds is 6. The number of aryl methyl sites for hydroxylation is 1. The lowest BCUT2D eigenvalue weighted by Gasteiger charge is -2.07. The number of fused-ring (bicyclic) bond motifs is 3. The zero-order valence-electron chi connectivity index (χ0n) is 14.1. The molecule has 0 atom stereocenters. The number of benzene rings is 2. The molecule has 23 heavy (non-hydrogen) atoms. The fraction of sp³-hybridized carbons (Fsp3) is 0.350. The lowest BCUT2D eigenvalue weighted by Crippen LogP contribution is -1.98. The van der Waals surface area contributed by atoms with E-state index in [4.69, 9.17) is 4.74 Å². The number of aromatic nitrogens is 1. The van der Waals surface area contributed by atoms with Gasteiger partial charge in [0.05, 0.1) is 18.0 Å². The summed E-state index contributed by atoms with van der Waals surface area (Å²) in [5, 5.41) is 2.07. The molecule has 2 aromatic carbocycles. The second-order valence-electron chi connectivity index (χ2n) is 5.97. The van der Waals surface area contributed by atoms with Gasteiger partial charge in [0, 0.05) is 23.0 Å². The van der Waals surface area contributed by atoms with E-state index in [1.807, 2.05) is 24.3 Å². The van der Waals surface area contributed by atoms with Crippen molar-refractivity contribution in [1.82, 2.24) is 4.57 Å². The Kier molecular flexibility index (Phi) is 4.37. The molecule has 0 saturated carbocycles. The molecule has 3 aromatic rings. The molecule has 120 valence electrons. The summed E-state index contributed by atoms with van der Waals surface area (Å²) in [4.78, 5) is 12.1. The second-order valence-corrected chi connectivity index (χ2v) is 5.97. The molecule has 0 radical (unpaired) electrons. The standard InChI is InChI=1S/C20H23NO2/c1-4-5-6-13-21-16-10-7-9-15(14(2)22)19(16)20-17(21)11-8-12-18(20)23-3/h7-12H,4-6,13H2,1-3H3. The third-order valence-electron chi connectivity index (χ3n) is 4.46. The largest absolute Gasteiger partial charge is 0.496 e. The van der Waals surface area contributed by atoms with E-state index in [-0.39, 0.29) is 5.78 Å². The minimum atomic E-state index is 0.0918. The Morgan fingerprint density at radius 2 is 1.74 bits per heavy atom. The van der Waals surface area contributed by atoms with Crippen molar-refractivity contribution in [1.29, 1.82) is 0 Å². The Hall–Kier alpha value is -2.29. The maximum Gasteiger partial charge on any atom is 0.160 e. The molecular weight excluding hydrogens is 286 g/mol. The van der Waals surface area contributed by atoms with Gasteiger partial charge in [0.1, 0.15) is 5.75 Å². The summed E-state index contributed by atoms with van der Waals surface area (Å²) in [6.45, 7) is 4.80. The molecule has 0 unspecified atom stereocenters. The molecule has 3 nitrogen and oxygen atoms in total. The van der Waals surface area contributed by atoms with E-state index >= 15 is 0 Å². The van der Waals surface area contributed by atoms with E-state index in [0.717, 1.165) is 46.1 Å². The van der Waals surface area contributed by atoms with Gasteiger partial charge < -0.3 is 9.30 Å². The molecule has 0 bridgehead atoms. The zero-order valence-corrected chi connectivity index (χ0v) is 14.1. The van der Waals surface area contributed by atoms with Crippen LogP contribution in [0.4, 0.5) is 0 Å². The number of carbonyl (C=O) groups is 1. The molecule has 1 aromatic heterocycles. The topological polar surface area (TPSA) is 31.2 Å². The van der Waals surface area contributed by atoms with Crippen LogP contribution >= 0.6 is 0 Å². The predicted molar refractivity (Wildman–Crippen MR) is 95.5 cm³/mol. The Morgan fingerprint density at radius 1 is 1.04 bits per heavy atom. The highest BCUT2D eigenvalue weighted by Crippen LogP contribution is 2.37. The molecule has 0 aliphatic rings. The number of ketones is 1. The first-order valence-electron chi connectivity index (χ1n) is 8.28. The SMILES string of the molecule is CCCCCn1c2cccc(OC)c2c2c(C(C)=O)cccc21. The van der Waals surface area contributed by atoms with Crippen LogP contribution in [0, 0.1) is 0 Å². The van der Waals surface area contributed by atoms with Crippen molar-refractivity contribution in [3.05, 3.63) is 42.0 Å². The second kappa shape index (κ2) is 6.45. The molecule has 0 aliphatic heterocycles. The van der Waals surface area contributed by atoms with Crippen LogP contribution in [0.2, 0.25) is 0 Å². The van der Waals surface area contributed by atoms with Crippen molar-refractivity contribution in [2.24, 2.45) is 0 Å². The van der Waals surface area contributed by atoms with Crippen molar-refractivity contribution in [3.8, 4) is 5.75 Å². The molecule has 1 heterocycles. The van der Waals surface area contributed by atoms with Gasteiger partial charge in [-0.2, -0.15) is 0 Å². The summed E-state index contributed by atoms with van der Waals surface area (Å²) in [6, 6.07) is 12.1. The van der Waals surface area contributed by atoms with Gasteiger partial charge in [-0.25, -0.2) is 0 Å². The molecule has 0 amide bonds. The number of methoxy groups -OCH3 is 1. The highest BCUT2D eigenvalue weighted by molar-refractivity contribution is 6.19. The van der Waals surface area contributed by atoms with Crippen LogP contribution in [0.5, 0.6) is 5.75 Å². The Bertz CT molecular complexity index is 861. The Morgan fingerprint density at radius 3 is 2.39 bits per heavy atom. The van der Waals surface area contributed by atoms with Crippen molar-refractivity contribution < 1.29 is 9.53 Å². The van der Waals surface area contributed by atoms with Crippen LogP contribution in [0.25, 0.3) is 21.8 Å². The highest BCUT2D eigenvalue weighted by Gasteiger charge is 2.18. The molecule has 0 aliphatic carbocycles. The van der Waals surface area contributed by atoms with Crippen LogP contribution in [0.3, 0.4) is 0 Å². The van der Waals surface area contributed by atoms with Crippen LogP contribution in [0.15, 0.2) is 36.4 Å². The Balaban J connectivity index is 2.37. The van der Waals surface area contributed by atoms with E-state index in [2.05, 4.69) is 23.6 Å². The molecule has 3 heteroatoms. The quantitative estimate of drug-likeness (QED) is 0.463. The first kappa shape index (κ1) is 15.6. The molecule has 0 saturated heterocycles. The van der Waals surface area contributed by atoms with Gasteiger partial charge in [0.25, 0.3) is 0 Å². The van der Waals surface area contributed by atoms with Gasteiger partial charge in [-0.3, -0.25) is 4.79 Å². The number of carbonyl (C=O) groups excluding carboxylic acids is 1. The third-order valence-corrected chi connectivity index (χ3v) is 4.46. The van der Waals surface area contributed by atoms with Gasteiger partial charge in [-0.1, -0.05) is 38.0 Å².